The maximum Gasteiger partial charge on any atom is 0.411 e. The van der Waals surface area contributed by atoms with Gasteiger partial charge in [0.05, 0.1) is 15.9 Å². The summed E-state index contributed by atoms with van der Waals surface area (Å²) in [5.41, 5.74) is 0.556. The van der Waals surface area contributed by atoms with Crippen molar-refractivity contribution in [2.45, 2.75) is 44.2 Å². The second-order valence-corrected chi connectivity index (χ2v) is 6.19. The standard InChI is InChI=1S/C13H16F3IN2O2/c14-13(15,16)7-21-6-5-9-18-11(8-3-1-2-4-8)10(17)12(20)19-9/h8H,1-7H2,(H,18,19,20). The highest BCUT2D eigenvalue weighted by Gasteiger charge is 2.27. The van der Waals surface area contributed by atoms with Gasteiger partial charge in [-0.3, -0.25) is 4.79 Å². The molecule has 8 heteroatoms. The molecule has 1 aromatic rings. The summed E-state index contributed by atoms with van der Waals surface area (Å²) in [6, 6.07) is 0. The fourth-order valence-corrected chi connectivity index (χ4v) is 3.17. The Labute approximate surface area is 133 Å². The van der Waals surface area contributed by atoms with Gasteiger partial charge in [0, 0.05) is 12.3 Å². The van der Waals surface area contributed by atoms with Crippen molar-refractivity contribution in [1.82, 2.24) is 9.97 Å². The SMILES string of the molecule is O=c1[nH]c(CCOCC(F)(F)F)nc(C2CCCC2)c1I. The Hall–Kier alpha value is -0.640. The smallest absolute Gasteiger partial charge is 0.372 e. The lowest BCUT2D eigenvalue weighted by atomic mass is 10.0. The molecule has 21 heavy (non-hydrogen) atoms. The van der Waals surface area contributed by atoms with Crippen LogP contribution in [-0.4, -0.2) is 29.4 Å². The van der Waals surface area contributed by atoms with Gasteiger partial charge in [0.2, 0.25) is 0 Å². The van der Waals surface area contributed by atoms with E-state index >= 15 is 0 Å². The minimum absolute atomic E-state index is 0.118. The number of alkyl halides is 3. The number of hydrogen-bond acceptors (Lipinski definition) is 3. The van der Waals surface area contributed by atoms with E-state index in [4.69, 9.17) is 0 Å². The van der Waals surface area contributed by atoms with Crippen LogP contribution in [0.2, 0.25) is 0 Å². The molecule has 1 aliphatic carbocycles. The van der Waals surface area contributed by atoms with Crippen molar-refractivity contribution in [1.29, 1.82) is 0 Å². The maximum atomic E-state index is 12.0. The molecule has 0 radical (unpaired) electrons. The number of nitrogens with zero attached hydrogens (tertiary/aromatic N) is 1. The molecule has 1 fully saturated rings. The predicted molar refractivity (Wildman–Crippen MR) is 79.4 cm³/mol. The molecule has 4 nitrogen and oxygen atoms in total. The molecule has 0 unspecified atom stereocenters. The van der Waals surface area contributed by atoms with Gasteiger partial charge in [0.1, 0.15) is 12.4 Å². The number of nitrogens with one attached hydrogen (secondary N) is 1. The summed E-state index contributed by atoms with van der Waals surface area (Å²) < 4.78 is 41.0. The van der Waals surface area contributed by atoms with Gasteiger partial charge in [-0.25, -0.2) is 4.98 Å². The fourth-order valence-electron chi connectivity index (χ4n) is 2.47. The zero-order chi connectivity index (χ0) is 15.5. The average Bonchev–Trinajstić information content (AvgIpc) is 2.91. The molecule has 0 aromatic carbocycles. The topological polar surface area (TPSA) is 55.0 Å². The number of rotatable bonds is 5. The van der Waals surface area contributed by atoms with Gasteiger partial charge in [-0.15, -0.1) is 0 Å². The summed E-state index contributed by atoms with van der Waals surface area (Å²) in [6.07, 6.45) is 0.106. The molecule has 2 rings (SSSR count). The largest absolute Gasteiger partial charge is 0.411 e. The van der Waals surface area contributed by atoms with Crippen LogP contribution in [-0.2, 0) is 11.2 Å². The first-order chi connectivity index (χ1) is 9.87. The number of aromatic nitrogens is 2. The van der Waals surface area contributed by atoms with Gasteiger partial charge in [-0.1, -0.05) is 12.8 Å². The van der Waals surface area contributed by atoms with Crippen molar-refractivity contribution in [3.63, 3.8) is 0 Å². The predicted octanol–water partition coefficient (Wildman–Crippen LogP) is 3.15. The molecule has 1 aliphatic rings. The molecule has 0 aliphatic heterocycles. The molecule has 1 saturated carbocycles. The van der Waals surface area contributed by atoms with Crippen LogP contribution in [0.3, 0.4) is 0 Å². The lowest BCUT2D eigenvalue weighted by Crippen LogP contribution is -2.22. The van der Waals surface area contributed by atoms with Crippen molar-refractivity contribution in [3.8, 4) is 0 Å². The summed E-state index contributed by atoms with van der Waals surface area (Å²) in [6.45, 7) is -1.40. The number of H-pyrrole nitrogens is 1. The van der Waals surface area contributed by atoms with Crippen LogP contribution in [0, 0.1) is 3.57 Å². The second kappa shape index (κ2) is 7.08. The number of halogens is 4. The molecular weight excluding hydrogens is 400 g/mol. The molecular formula is C13H16F3IN2O2. The first-order valence-electron chi connectivity index (χ1n) is 6.80. The quantitative estimate of drug-likeness (QED) is 0.593. The van der Waals surface area contributed by atoms with Gasteiger partial charge in [0.25, 0.3) is 5.56 Å². The van der Waals surface area contributed by atoms with Crippen LogP contribution in [0.5, 0.6) is 0 Å². The number of hydrogen-bond donors (Lipinski definition) is 1. The molecule has 0 spiro atoms. The van der Waals surface area contributed by atoms with Crippen molar-refractivity contribution in [3.05, 3.63) is 25.4 Å². The van der Waals surface area contributed by atoms with E-state index in [0.717, 1.165) is 31.4 Å². The monoisotopic (exact) mass is 416 g/mol. The Morgan fingerprint density at radius 3 is 2.62 bits per heavy atom. The molecule has 0 atom stereocenters. The van der Waals surface area contributed by atoms with Crippen molar-refractivity contribution < 1.29 is 17.9 Å². The number of ether oxygens (including phenoxy) is 1. The van der Waals surface area contributed by atoms with Crippen LogP contribution < -0.4 is 5.56 Å². The van der Waals surface area contributed by atoms with Crippen LogP contribution in [0.25, 0.3) is 0 Å². The van der Waals surface area contributed by atoms with Gasteiger partial charge in [-0.2, -0.15) is 13.2 Å². The average molecular weight is 416 g/mol. The minimum atomic E-state index is -4.33. The van der Waals surface area contributed by atoms with E-state index in [1.807, 2.05) is 22.6 Å². The summed E-state index contributed by atoms with van der Waals surface area (Å²) in [4.78, 5) is 18.9. The van der Waals surface area contributed by atoms with Gasteiger partial charge in [0.15, 0.2) is 0 Å². The highest BCUT2D eigenvalue weighted by atomic mass is 127. The lowest BCUT2D eigenvalue weighted by molar-refractivity contribution is -0.173. The van der Waals surface area contributed by atoms with Crippen LogP contribution in [0.1, 0.15) is 43.1 Å². The summed E-state index contributed by atoms with van der Waals surface area (Å²) >= 11 is 1.98. The summed E-state index contributed by atoms with van der Waals surface area (Å²) in [5, 5.41) is 0. The molecule has 1 heterocycles. The summed E-state index contributed by atoms with van der Waals surface area (Å²) in [7, 11) is 0. The zero-order valence-electron chi connectivity index (χ0n) is 11.3. The van der Waals surface area contributed by atoms with Crippen LogP contribution >= 0.6 is 22.6 Å². The van der Waals surface area contributed by atoms with E-state index in [2.05, 4.69) is 14.7 Å². The van der Waals surface area contributed by atoms with E-state index in [9.17, 15) is 18.0 Å². The zero-order valence-corrected chi connectivity index (χ0v) is 13.5. The van der Waals surface area contributed by atoms with Crippen LogP contribution in [0.4, 0.5) is 13.2 Å². The van der Waals surface area contributed by atoms with E-state index in [0.29, 0.717) is 9.39 Å². The van der Waals surface area contributed by atoms with Crippen molar-refractivity contribution >= 4 is 22.6 Å². The van der Waals surface area contributed by atoms with E-state index < -0.39 is 12.8 Å². The molecule has 118 valence electrons. The number of aromatic amines is 1. The third kappa shape index (κ3) is 4.94. The van der Waals surface area contributed by atoms with Crippen molar-refractivity contribution in [2.75, 3.05) is 13.2 Å². The van der Waals surface area contributed by atoms with Crippen LogP contribution in [0.15, 0.2) is 4.79 Å². The van der Waals surface area contributed by atoms with Crippen molar-refractivity contribution in [2.24, 2.45) is 0 Å². The Bertz CT molecular complexity index is 539. The normalized spacial score (nSPS) is 16.6. The van der Waals surface area contributed by atoms with Gasteiger partial charge in [-0.05, 0) is 35.4 Å². The Balaban J connectivity index is 2.01. The van der Waals surface area contributed by atoms with E-state index in [-0.39, 0.29) is 24.5 Å². The fraction of sp³-hybridized carbons (Fsp3) is 0.692. The Morgan fingerprint density at radius 1 is 1.33 bits per heavy atom. The third-order valence-corrected chi connectivity index (χ3v) is 4.47. The third-order valence-electron chi connectivity index (χ3n) is 3.43. The Kier molecular flexibility index (Phi) is 5.64. The lowest BCUT2D eigenvalue weighted by Gasteiger charge is -2.12. The molecule has 0 bridgehead atoms. The maximum absolute atomic E-state index is 12.0. The molecule has 1 aromatic heterocycles. The first-order valence-corrected chi connectivity index (χ1v) is 7.88. The highest BCUT2D eigenvalue weighted by Crippen LogP contribution is 2.34. The van der Waals surface area contributed by atoms with E-state index in [1.54, 1.807) is 0 Å². The highest BCUT2D eigenvalue weighted by molar-refractivity contribution is 14.1. The minimum Gasteiger partial charge on any atom is -0.372 e. The van der Waals surface area contributed by atoms with Gasteiger partial charge < -0.3 is 9.72 Å². The second-order valence-electron chi connectivity index (χ2n) is 5.11. The van der Waals surface area contributed by atoms with Gasteiger partial charge >= 0.3 is 6.18 Å². The summed E-state index contributed by atoms with van der Waals surface area (Å²) in [5.74, 6) is 0.679. The Morgan fingerprint density at radius 2 is 2.00 bits per heavy atom. The molecule has 0 amide bonds. The molecule has 1 N–H and O–H groups in total. The van der Waals surface area contributed by atoms with E-state index in [1.165, 1.54) is 0 Å². The first kappa shape index (κ1) is 16.7. The molecule has 0 saturated heterocycles.